The highest BCUT2D eigenvalue weighted by Gasteiger charge is 2.75. The van der Waals surface area contributed by atoms with Gasteiger partial charge in [0, 0.05) is 19.0 Å². The van der Waals surface area contributed by atoms with E-state index in [1.165, 1.54) is 0 Å². The quantitative estimate of drug-likeness (QED) is 0.172. The van der Waals surface area contributed by atoms with Crippen molar-refractivity contribution in [1.29, 1.82) is 0 Å². The van der Waals surface area contributed by atoms with E-state index in [9.17, 15) is 24.3 Å². The molecule has 2 N–H and O–H groups in total. The summed E-state index contributed by atoms with van der Waals surface area (Å²) < 4.78 is 12.9. The molecule has 3 aliphatic heterocycles. The second kappa shape index (κ2) is 16.3. The van der Waals surface area contributed by atoms with Crippen molar-refractivity contribution in [2.75, 3.05) is 13.2 Å². The van der Waals surface area contributed by atoms with E-state index >= 15 is 0 Å². The number of ether oxygens (including phenoxy) is 2. The van der Waals surface area contributed by atoms with Crippen LogP contribution in [0.25, 0.3) is 0 Å². The van der Waals surface area contributed by atoms with Gasteiger partial charge in [-0.25, -0.2) is 0 Å². The first kappa shape index (κ1) is 37.3. The molecule has 1 unspecified atom stereocenters. The molecule has 9 atom stereocenters. The zero-order valence-electron chi connectivity index (χ0n) is 29.3. The summed E-state index contributed by atoms with van der Waals surface area (Å²) in [6.45, 7) is 17.4. The standard InChI is InChI=1S/C38H55N3O7/c1-8-11-18-30(43)39-26(7)33(27-16-13-12-14-17-27)47-37(46)31-29-19-20-38(48-29)32(31)35(44)41(28(23-42)22-24(4)5)34(38)36(45)40(21-10-3)25(6)15-9-2/h8,10,12-14,16-17,24-26,28-29,31-34,42H,1,3,9,11,15,18-23H2,2,4-7H3,(H,39,43)/t25?,26-,28+,29-,31+,32+,33-,34-,38+/m0/s1. The molecule has 1 aromatic rings. The average Bonchev–Trinajstić information content (AvgIpc) is 3.71. The Morgan fingerprint density at radius 1 is 1.17 bits per heavy atom. The molecule has 3 fully saturated rings. The van der Waals surface area contributed by atoms with Gasteiger partial charge in [0.05, 0.1) is 36.6 Å². The fourth-order valence-corrected chi connectivity index (χ4v) is 8.15. The van der Waals surface area contributed by atoms with Crippen molar-refractivity contribution in [2.45, 2.75) is 122 Å². The molecular formula is C38H55N3O7. The number of nitrogens with one attached hydrogen (secondary N) is 1. The first-order valence-electron chi connectivity index (χ1n) is 17.6. The number of carbonyl (C=O) groups is 4. The second-order valence-electron chi connectivity index (χ2n) is 14.1. The number of hydrogen-bond acceptors (Lipinski definition) is 7. The minimum Gasteiger partial charge on any atom is -0.455 e. The molecule has 3 heterocycles. The number of nitrogens with zero attached hydrogens (tertiary/aromatic N) is 2. The summed E-state index contributed by atoms with van der Waals surface area (Å²) in [6.07, 6.45) is 5.77. The maximum absolute atomic E-state index is 14.7. The molecule has 0 aliphatic carbocycles. The summed E-state index contributed by atoms with van der Waals surface area (Å²) in [6, 6.07) is 6.91. The third-order valence-corrected chi connectivity index (χ3v) is 10.2. The maximum atomic E-state index is 14.7. The van der Waals surface area contributed by atoms with Crippen LogP contribution in [0.3, 0.4) is 0 Å². The van der Waals surface area contributed by atoms with Crippen LogP contribution in [0.1, 0.15) is 91.2 Å². The zero-order valence-corrected chi connectivity index (χ0v) is 29.3. The van der Waals surface area contributed by atoms with E-state index < -0.39 is 53.7 Å². The van der Waals surface area contributed by atoms with Crippen LogP contribution in [0.5, 0.6) is 0 Å². The molecule has 2 bridgehead atoms. The van der Waals surface area contributed by atoms with Crippen molar-refractivity contribution in [3.8, 4) is 0 Å². The van der Waals surface area contributed by atoms with E-state index in [1.54, 1.807) is 28.9 Å². The van der Waals surface area contributed by atoms with E-state index in [0.717, 1.165) is 12.8 Å². The van der Waals surface area contributed by atoms with Crippen molar-refractivity contribution in [1.82, 2.24) is 15.1 Å². The molecule has 3 aliphatic rings. The van der Waals surface area contributed by atoms with Crippen molar-refractivity contribution in [3.63, 3.8) is 0 Å². The van der Waals surface area contributed by atoms with Gasteiger partial charge in [0.25, 0.3) is 0 Å². The Morgan fingerprint density at radius 2 is 1.88 bits per heavy atom. The minimum absolute atomic E-state index is 0.111. The molecule has 3 amide bonds. The van der Waals surface area contributed by atoms with Gasteiger partial charge in [-0.2, -0.15) is 0 Å². The molecule has 264 valence electrons. The van der Waals surface area contributed by atoms with E-state index in [0.29, 0.717) is 37.8 Å². The predicted molar refractivity (Wildman–Crippen MR) is 183 cm³/mol. The van der Waals surface area contributed by atoms with Crippen LogP contribution in [0, 0.1) is 17.8 Å². The Labute approximate surface area is 285 Å². The summed E-state index contributed by atoms with van der Waals surface area (Å²) in [4.78, 5) is 59.7. The maximum Gasteiger partial charge on any atom is 0.313 e. The summed E-state index contributed by atoms with van der Waals surface area (Å²) >= 11 is 0. The Hall–Kier alpha value is -3.50. The largest absolute Gasteiger partial charge is 0.455 e. The van der Waals surface area contributed by atoms with Gasteiger partial charge >= 0.3 is 5.97 Å². The number of aliphatic hydroxyl groups is 1. The first-order valence-corrected chi connectivity index (χ1v) is 17.6. The molecule has 0 radical (unpaired) electrons. The monoisotopic (exact) mass is 665 g/mol. The molecule has 0 saturated carbocycles. The van der Waals surface area contributed by atoms with Crippen molar-refractivity contribution < 1.29 is 33.8 Å². The smallest absolute Gasteiger partial charge is 0.313 e. The van der Waals surface area contributed by atoms with Gasteiger partial charge in [-0.3, -0.25) is 19.2 Å². The number of likely N-dealkylation sites (tertiary alicyclic amines) is 1. The average molecular weight is 666 g/mol. The van der Waals surface area contributed by atoms with Gasteiger partial charge in [-0.05, 0) is 57.4 Å². The Morgan fingerprint density at radius 3 is 2.48 bits per heavy atom. The summed E-state index contributed by atoms with van der Waals surface area (Å²) in [5.41, 5.74) is -0.527. The van der Waals surface area contributed by atoms with Crippen LogP contribution in [-0.4, -0.2) is 87.6 Å². The minimum atomic E-state index is -1.23. The van der Waals surface area contributed by atoms with Gasteiger partial charge in [0.1, 0.15) is 17.7 Å². The van der Waals surface area contributed by atoms with E-state index in [1.807, 2.05) is 51.1 Å². The van der Waals surface area contributed by atoms with Crippen LogP contribution in [0.4, 0.5) is 0 Å². The molecule has 10 heteroatoms. The lowest BCUT2D eigenvalue weighted by Gasteiger charge is -2.41. The third-order valence-electron chi connectivity index (χ3n) is 10.2. The second-order valence-corrected chi connectivity index (χ2v) is 14.1. The van der Waals surface area contributed by atoms with E-state index in [4.69, 9.17) is 9.47 Å². The fourth-order valence-electron chi connectivity index (χ4n) is 8.15. The van der Waals surface area contributed by atoms with Gasteiger partial charge < -0.3 is 29.7 Å². The van der Waals surface area contributed by atoms with Crippen LogP contribution in [0.2, 0.25) is 0 Å². The van der Waals surface area contributed by atoms with Crippen LogP contribution in [-0.2, 0) is 28.7 Å². The lowest BCUT2D eigenvalue weighted by Crippen LogP contribution is -2.60. The number of hydrogen-bond donors (Lipinski definition) is 2. The Balaban J connectivity index is 1.72. The number of aliphatic hydroxyl groups excluding tert-OH is 1. The molecule has 3 saturated heterocycles. The van der Waals surface area contributed by atoms with Crippen molar-refractivity contribution in [3.05, 3.63) is 61.2 Å². The number of rotatable bonds is 18. The predicted octanol–water partition coefficient (Wildman–Crippen LogP) is 4.73. The number of allylic oxidation sites excluding steroid dienone is 1. The number of carbonyl (C=O) groups excluding carboxylic acids is 4. The molecular weight excluding hydrogens is 610 g/mol. The number of benzene rings is 1. The number of amides is 3. The van der Waals surface area contributed by atoms with Gasteiger partial charge in [0.15, 0.2) is 0 Å². The lowest BCUT2D eigenvalue weighted by atomic mass is 9.70. The van der Waals surface area contributed by atoms with Gasteiger partial charge in [-0.1, -0.05) is 69.7 Å². The Kier molecular flexibility index (Phi) is 12.6. The van der Waals surface area contributed by atoms with Gasteiger partial charge in [-0.15, -0.1) is 13.2 Å². The topological polar surface area (TPSA) is 125 Å². The third kappa shape index (κ3) is 7.39. The van der Waals surface area contributed by atoms with Crippen LogP contribution < -0.4 is 5.32 Å². The first-order chi connectivity index (χ1) is 22.9. The fraction of sp³-hybridized carbons (Fsp3) is 0.632. The molecule has 1 spiro atoms. The summed E-state index contributed by atoms with van der Waals surface area (Å²) in [7, 11) is 0. The summed E-state index contributed by atoms with van der Waals surface area (Å²) in [5, 5.41) is 13.6. The highest BCUT2D eigenvalue weighted by Crippen LogP contribution is 2.59. The van der Waals surface area contributed by atoms with Gasteiger partial charge in [0.2, 0.25) is 17.7 Å². The van der Waals surface area contributed by atoms with Crippen LogP contribution in [0.15, 0.2) is 55.6 Å². The molecule has 1 aromatic carbocycles. The summed E-state index contributed by atoms with van der Waals surface area (Å²) in [5.74, 6) is -3.14. The van der Waals surface area contributed by atoms with E-state index in [2.05, 4.69) is 25.4 Å². The Bertz CT molecular complexity index is 1320. The van der Waals surface area contributed by atoms with Crippen LogP contribution >= 0.6 is 0 Å². The van der Waals surface area contributed by atoms with E-state index in [-0.39, 0.29) is 42.7 Å². The highest BCUT2D eigenvalue weighted by molar-refractivity contribution is 5.98. The molecule has 10 nitrogen and oxygen atoms in total. The zero-order chi connectivity index (χ0) is 35.2. The molecule has 48 heavy (non-hydrogen) atoms. The number of fused-ring (bicyclic) bond motifs is 1. The normalized spacial score (nSPS) is 26.8. The number of esters is 1. The SMILES string of the molecule is C=CCCC(=O)N[C@@H](C)[C@H](OC(=O)[C@@H]1[C@@H]2CC[C@]3(O2)[C@H](C(=O)N(CC=C)C(C)CCC)N([C@@H](CO)CC(C)C)C(=O)[C@@H]13)c1ccccc1. The lowest BCUT2D eigenvalue weighted by molar-refractivity contribution is -0.163. The van der Waals surface area contributed by atoms with Crippen molar-refractivity contribution >= 4 is 23.7 Å². The van der Waals surface area contributed by atoms with Crippen molar-refractivity contribution in [2.24, 2.45) is 17.8 Å². The molecule has 4 rings (SSSR count). The highest BCUT2D eigenvalue weighted by atomic mass is 16.6. The molecule has 0 aromatic heterocycles.